The second-order valence-electron chi connectivity index (χ2n) is 7.88. The zero-order valence-electron chi connectivity index (χ0n) is 13.9. The Bertz CT molecular complexity index is 404. The highest BCUT2D eigenvalue weighted by Gasteiger charge is 2.55. The number of alkyl carbamates (subject to hydrolysis) is 1. The molecular weight excluding hydrogens is 264 g/mol. The molecule has 0 bridgehead atoms. The van der Waals surface area contributed by atoms with Crippen molar-refractivity contribution in [2.24, 2.45) is 5.41 Å². The topological polar surface area (TPSA) is 50.4 Å². The van der Waals surface area contributed by atoms with E-state index < -0.39 is 5.60 Å². The van der Waals surface area contributed by atoms with Crippen LogP contribution >= 0.6 is 0 Å². The van der Waals surface area contributed by atoms with Crippen LogP contribution in [0, 0.1) is 5.41 Å². The standard InChI is InChI=1S/C17H30N2O2/c1-12(2)11-18-13-6-8-17(9-7-13)10-14(17)19-15(20)21-16(3,4)5/h13-14,18H,1,6-11H2,2-5H3,(H,19,20). The normalized spacial score (nSPS) is 31.8. The molecule has 4 nitrogen and oxygen atoms in total. The average molecular weight is 294 g/mol. The molecule has 4 heteroatoms. The van der Waals surface area contributed by atoms with Gasteiger partial charge in [-0.15, -0.1) is 0 Å². The fraction of sp³-hybridized carbons (Fsp3) is 0.824. The van der Waals surface area contributed by atoms with Gasteiger partial charge in [0.25, 0.3) is 0 Å². The molecule has 0 radical (unpaired) electrons. The van der Waals surface area contributed by atoms with Gasteiger partial charge < -0.3 is 15.4 Å². The number of ether oxygens (including phenoxy) is 1. The molecule has 120 valence electrons. The van der Waals surface area contributed by atoms with Crippen molar-refractivity contribution in [3.05, 3.63) is 12.2 Å². The summed E-state index contributed by atoms with van der Waals surface area (Å²) in [7, 11) is 0. The summed E-state index contributed by atoms with van der Waals surface area (Å²) in [4.78, 5) is 11.8. The molecule has 0 saturated heterocycles. The number of hydrogen-bond donors (Lipinski definition) is 2. The van der Waals surface area contributed by atoms with Crippen LogP contribution in [0.2, 0.25) is 0 Å². The minimum absolute atomic E-state index is 0.271. The van der Waals surface area contributed by atoms with E-state index in [-0.39, 0.29) is 6.09 Å². The van der Waals surface area contributed by atoms with Crippen LogP contribution in [0.4, 0.5) is 4.79 Å². The summed E-state index contributed by atoms with van der Waals surface area (Å²) < 4.78 is 5.34. The van der Waals surface area contributed by atoms with Gasteiger partial charge in [-0.2, -0.15) is 0 Å². The smallest absolute Gasteiger partial charge is 0.407 e. The molecule has 2 rings (SSSR count). The molecule has 0 heterocycles. The van der Waals surface area contributed by atoms with Crippen LogP contribution in [-0.2, 0) is 4.74 Å². The fourth-order valence-electron chi connectivity index (χ4n) is 3.27. The van der Waals surface area contributed by atoms with Crippen molar-refractivity contribution in [3.63, 3.8) is 0 Å². The Hall–Kier alpha value is -1.03. The minimum Gasteiger partial charge on any atom is -0.444 e. The van der Waals surface area contributed by atoms with Gasteiger partial charge in [0.05, 0.1) is 0 Å². The van der Waals surface area contributed by atoms with Crippen molar-refractivity contribution >= 4 is 6.09 Å². The molecule has 0 aromatic rings. The second-order valence-corrected chi connectivity index (χ2v) is 7.88. The maximum Gasteiger partial charge on any atom is 0.407 e. The highest BCUT2D eigenvalue weighted by atomic mass is 16.6. The van der Waals surface area contributed by atoms with Gasteiger partial charge in [0.15, 0.2) is 0 Å². The molecule has 21 heavy (non-hydrogen) atoms. The number of carbonyl (C=O) groups is 1. The molecule has 1 spiro atoms. The van der Waals surface area contributed by atoms with Gasteiger partial charge in [0.2, 0.25) is 0 Å². The largest absolute Gasteiger partial charge is 0.444 e. The van der Waals surface area contributed by atoms with Crippen molar-refractivity contribution in [1.82, 2.24) is 10.6 Å². The number of rotatable bonds is 4. The number of hydrogen-bond acceptors (Lipinski definition) is 3. The van der Waals surface area contributed by atoms with Crippen LogP contribution in [0.5, 0.6) is 0 Å². The molecule has 2 fully saturated rings. The lowest BCUT2D eigenvalue weighted by Gasteiger charge is -2.30. The first-order valence-corrected chi connectivity index (χ1v) is 8.07. The highest BCUT2D eigenvalue weighted by molar-refractivity contribution is 5.68. The van der Waals surface area contributed by atoms with E-state index in [1.165, 1.54) is 31.3 Å². The predicted octanol–water partition coefficient (Wildman–Crippen LogP) is 3.38. The van der Waals surface area contributed by atoms with Crippen LogP contribution < -0.4 is 10.6 Å². The summed E-state index contributed by atoms with van der Waals surface area (Å²) in [5, 5.41) is 6.60. The molecule has 2 N–H and O–H groups in total. The molecule has 2 aliphatic carbocycles. The minimum atomic E-state index is -0.420. The quantitative estimate of drug-likeness (QED) is 0.782. The molecular formula is C17H30N2O2. The summed E-state index contributed by atoms with van der Waals surface area (Å²) in [6.07, 6.45) is 5.62. The third kappa shape index (κ3) is 4.73. The number of amides is 1. The summed E-state index contributed by atoms with van der Waals surface area (Å²) >= 11 is 0. The van der Waals surface area contributed by atoms with E-state index >= 15 is 0 Å². The lowest BCUT2D eigenvalue weighted by molar-refractivity contribution is 0.0512. The third-order valence-corrected chi connectivity index (χ3v) is 4.55. The maximum absolute atomic E-state index is 11.8. The van der Waals surface area contributed by atoms with E-state index in [1.807, 2.05) is 20.8 Å². The van der Waals surface area contributed by atoms with Crippen LogP contribution in [0.1, 0.15) is 59.8 Å². The van der Waals surface area contributed by atoms with Crippen molar-refractivity contribution in [2.75, 3.05) is 6.54 Å². The number of nitrogens with one attached hydrogen (secondary N) is 2. The predicted molar refractivity (Wildman–Crippen MR) is 85.3 cm³/mol. The zero-order chi connectivity index (χ0) is 15.7. The molecule has 0 aliphatic heterocycles. The summed E-state index contributed by atoms with van der Waals surface area (Å²) in [5.74, 6) is 0. The zero-order valence-corrected chi connectivity index (χ0v) is 13.9. The van der Waals surface area contributed by atoms with Crippen molar-refractivity contribution in [2.45, 2.75) is 77.5 Å². The third-order valence-electron chi connectivity index (χ3n) is 4.55. The van der Waals surface area contributed by atoms with E-state index in [1.54, 1.807) is 0 Å². The van der Waals surface area contributed by atoms with Gasteiger partial charge in [-0.25, -0.2) is 4.79 Å². The van der Waals surface area contributed by atoms with Gasteiger partial charge in [-0.05, 0) is 65.2 Å². The van der Waals surface area contributed by atoms with E-state index in [0.29, 0.717) is 17.5 Å². The fourth-order valence-corrected chi connectivity index (χ4v) is 3.27. The Morgan fingerprint density at radius 3 is 2.48 bits per heavy atom. The molecule has 2 saturated carbocycles. The first-order valence-electron chi connectivity index (χ1n) is 8.07. The second kappa shape index (κ2) is 5.99. The lowest BCUT2D eigenvalue weighted by atomic mass is 9.82. The van der Waals surface area contributed by atoms with E-state index in [0.717, 1.165) is 13.0 Å². The van der Waals surface area contributed by atoms with Crippen molar-refractivity contribution in [3.8, 4) is 0 Å². The van der Waals surface area contributed by atoms with Crippen molar-refractivity contribution < 1.29 is 9.53 Å². The van der Waals surface area contributed by atoms with Crippen LogP contribution in [0.3, 0.4) is 0 Å². The Morgan fingerprint density at radius 1 is 1.33 bits per heavy atom. The molecule has 0 aromatic carbocycles. The highest BCUT2D eigenvalue weighted by Crippen LogP contribution is 2.56. The SMILES string of the molecule is C=C(C)CNC1CCC2(CC1)CC2NC(=O)OC(C)(C)C. The van der Waals surface area contributed by atoms with E-state index in [9.17, 15) is 4.79 Å². The summed E-state index contributed by atoms with van der Waals surface area (Å²) in [5.41, 5.74) is 1.11. The average Bonchev–Trinajstić information content (AvgIpc) is 2.98. The van der Waals surface area contributed by atoms with Gasteiger partial charge in [0, 0.05) is 18.6 Å². The van der Waals surface area contributed by atoms with Gasteiger partial charge >= 0.3 is 6.09 Å². The Balaban J connectivity index is 1.71. The van der Waals surface area contributed by atoms with Crippen LogP contribution in [0.25, 0.3) is 0 Å². The first kappa shape index (κ1) is 16.3. The van der Waals surface area contributed by atoms with E-state index in [4.69, 9.17) is 4.74 Å². The molecule has 1 amide bonds. The molecule has 1 unspecified atom stereocenters. The van der Waals surface area contributed by atoms with Crippen molar-refractivity contribution in [1.29, 1.82) is 0 Å². The summed E-state index contributed by atoms with van der Waals surface area (Å²) in [6.45, 7) is 12.6. The molecule has 1 atom stereocenters. The van der Waals surface area contributed by atoms with Gasteiger partial charge in [-0.3, -0.25) is 0 Å². The molecule has 0 aromatic heterocycles. The van der Waals surface area contributed by atoms with Crippen LogP contribution in [-0.4, -0.2) is 30.3 Å². The lowest BCUT2D eigenvalue weighted by Crippen LogP contribution is -2.39. The molecule has 2 aliphatic rings. The first-order chi connectivity index (χ1) is 9.70. The van der Waals surface area contributed by atoms with Gasteiger partial charge in [0.1, 0.15) is 5.60 Å². The monoisotopic (exact) mass is 294 g/mol. The van der Waals surface area contributed by atoms with Gasteiger partial charge in [-0.1, -0.05) is 12.2 Å². The summed E-state index contributed by atoms with van der Waals surface area (Å²) in [6, 6.07) is 0.921. The van der Waals surface area contributed by atoms with Crippen LogP contribution in [0.15, 0.2) is 12.2 Å². The Kier molecular flexibility index (Phi) is 4.66. The maximum atomic E-state index is 11.8. The van der Waals surface area contributed by atoms with E-state index in [2.05, 4.69) is 24.1 Å². The number of carbonyl (C=O) groups excluding carboxylic acids is 1. The Labute approximate surface area is 128 Å². The Morgan fingerprint density at radius 2 is 1.95 bits per heavy atom.